The standard InChI is InChI=1S/C26H33ClF3N5O/c1-17-31-20-16-34(22-23(27)25(33-32-24(22)36)12-7-3-2-4-8-13-25)14-11-21(20)35(17)15-18-9-5-6-10-19(18)26(28,29)30/h5-6,9-10,22-23,33H,2-4,7-8,11-16H2,1H3,(H,32,36). The number of amides is 1. The lowest BCUT2D eigenvalue weighted by Crippen LogP contribution is -2.73. The number of carbonyl (C=O) groups excluding carboxylic acids is 1. The van der Waals surface area contributed by atoms with E-state index in [1.165, 1.54) is 31.4 Å². The van der Waals surface area contributed by atoms with Crippen LogP contribution < -0.4 is 10.9 Å². The highest BCUT2D eigenvalue weighted by atomic mass is 35.5. The van der Waals surface area contributed by atoms with Crippen LogP contribution in [0.4, 0.5) is 13.2 Å². The predicted octanol–water partition coefficient (Wildman–Crippen LogP) is 4.71. The van der Waals surface area contributed by atoms with Crippen molar-refractivity contribution in [2.75, 3.05) is 6.54 Å². The summed E-state index contributed by atoms with van der Waals surface area (Å²) in [6, 6.07) is 5.20. The molecule has 2 fully saturated rings. The second-order valence-corrected chi connectivity index (χ2v) is 10.9. The van der Waals surface area contributed by atoms with E-state index in [9.17, 15) is 18.0 Å². The van der Waals surface area contributed by atoms with E-state index in [1.54, 1.807) is 6.07 Å². The lowest BCUT2D eigenvalue weighted by atomic mass is 9.77. The van der Waals surface area contributed by atoms with Gasteiger partial charge in [-0.05, 0) is 31.4 Å². The summed E-state index contributed by atoms with van der Waals surface area (Å²) < 4.78 is 42.6. The van der Waals surface area contributed by atoms with Crippen molar-refractivity contribution in [3.05, 3.63) is 52.6 Å². The van der Waals surface area contributed by atoms with E-state index >= 15 is 0 Å². The van der Waals surface area contributed by atoms with E-state index in [1.807, 2.05) is 11.5 Å². The Morgan fingerprint density at radius 2 is 1.83 bits per heavy atom. The number of imidazole rings is 1. The molecular weight excluding hydrogens is 491 g/mol. The molecule has 2 aliphatic heterocycles. The minimum absolute atomic E-state index is 0.110. The van der Waals surface area contributed by atoms with Crippen LogP contribution in [0.1, 0.15) is 73.3 Å². The molecule has 6 nitrogen and oxygen atoms in total. The molecule has 1 aromatic heterocycles. The molecule has 2 atom stereocenters. The first-order chi connectivity index (χ1) is 17.2. The lowest BCUT2D eigenvalue weighted by Gasteiger charge is -2.49. The molecule has 3 aliphatic rings. The molecule has 2 N–H and O–H groups in total. The Labute approximate surface area is 214 Å². The Kier molecular flexibility index (Phi) is 7.09. The average Bonchev–Trinajstić information content (AvgIpc) is 3.12. The Balaban J connectivity index is 1.38. The van der Waals surface area contributed by atoms with Crippen LogP contribution in [-0.4, -0.2) is 43.9 Å². The number of benzene rings is 1. The van der Waals surface area contributed by atoms with Gasteiger partial charge in [0.2, 0.25) is 0 Å². The van der Waals surface area contributed by atoms with Crippen LogP contribution in [0.25, 0.3) is 0 Å². The molecule has 1 saturated carbocycles. The molecule has 10 heteroatoms. The molecule has 1 amide bonds. The topological polar surface area (TPSA) is 62.2 Å². The smallest absolute Gasteiger partial charge is 0.327 e. The third kappa shape index (κ3) is 4.77. The molecule has 196 valence electrons. The molecule has 36 heavy (non-hydrogen) atoms. The summed E-state index contributed by atoms with van der Waals surface area (Å²) in [6.07, 6.45) is 3.76. The van der Waals surface area contributed by atoms with Crippen molar-refractivity contribution in [1.29, 1.82) is 0 Å². The van der Waals surface area contributed by atoms with Crippen LogP contribution in [0.3, 0.4) is 0 Å². The number of aromatic nitrogens is 2. The second-order valence-electron chi connectivity index (χ2n) is 10.4. The normalized spacial score (nSPS) is 25.2. The van der Waals surface area contributed by atoms with Gasteiger partial charge in [-0.3, -0.25) is 15.1 Å². The number of hydrazine groups is 1. The minimum Gasteiger partial charge on any atom is -0.327 e. The average molecular weight is 524 g/mol. The zero-order chi connectivity index (χ0) is 25.5. The SMILES string of the molecule is Cc1nc2c(n1Cc1ccccc1C(F)(F)F)CCN(C1C(=O)NNC3(CCCCCCC3)C1Cl)C2. The number of fused-ring (bicyclic) bond motifs is 1. The number of rotatable bonds is 3. The van der Waals surface area contributed by atoms with Crippen LogP contribution in [0, 0.1) is 6.92 Å². The number of aryl methyl sites for hydroxylation is 1. The van der Waals surface area contributed by atoms with Crippen molar-refractivity contribution in [2.24, 2.45) is 0 Å². The number of nitrogens with zero attached hydrogens (tertiary/aromatic N) is 3. The van der Waals surface area contributed by atoms with Crippen LogP contribution in [0.2, 0.25) is 0 Å². The Bertz CT molecular complexity index is 1110. The summed E-state index contributed by atoms with van der Waals surface area (Å²) in [5.41, 5.74) is 7.20. The summed E-state index contributed by atoms with van der Waals surface area (Å²) in [7, 11) is 0. The summed E-state index contributed by atoms with van der Waals surface area (Å²) in [4.78, 5) is 19.8. The molecule has 1 aliphatic carbocycles. The summed E-state index contributed by atoms with van der Waals surface area (Å²) in [5, 5.41) is -0.382. The van der Waals surface area contributed by atoms with E-state index in [2.05, 4.69) is 15.8 Å². The molecule has 1 saturated heterocycles. The van der Waals surface area contributed by atoms with Crippen LogP contribution in [0.15, 0.2) is 24.3 Å². The van der Waals surface area contributed by atoms with Crippen molar-refractivity contribution < 1.29 is 18.0 Å². The van der Waals surface area contributed by atoms with Gasteiger partial charge in [-0.2, -0.15) is 13.2 Å². The van der Waals surface area contributed by atoms with Gasteiger partial charge in [0.1, 0.15) is 11.9 Å². The Morgan fingerprint density at radius 3 is 2.56 bits per heavy atom. The Morgan fingerprint density at radius 1 is 1.14 bits per heavy atom. The van der Waals surface area contributed by atoms with Gasteiger partial charge in [-0.1, -0.05) is 50.3 Å². The van der Waals surface area contributed by atoms with Crippen molar-refractivity contribution >= 4 is 17.5 Å². The van der Waals surface area contributed by atoms with Gasteiger partial charge in [0, 0.05) is 31.7 Å². The number of nitrogens with one attached hydrogen (secondary N) is 2. The zero-order valence-electron chi connectivity index (χ0n) is 20.5. The van der Waals surface area contributed by atoms with Gasteiger partial charge in [0.15, 0.2) is 0 Å². The van der Waals surface area contributed by atoms with E-state index in [0.717, 1.165) is 43.1 Å². The molecule has 0 radical (unpaired) electrons. The molecule has 0 bridgehead atoms. The monoisotopic (exact) mass is 523 g/mol. The van der Waals surface area contributed by atoms with Crippen LogP contribution in [-0.2, 0) is 30.5 Å². The number of carbonyl (C=O) groups is 1. The van der Waals surface area contributed by atoms with E-state index in [4.69, 9.17) is 16.6 Å². The summed E-state index contributed by atoms with van der Waals surface area (Å²) in [6.45, 7) is 2.97. The zero-order valence-corrected chi connectivity index (χ0v) is 21.3. The number of alkyl halides is 4. The first-order valence-electron chi connectivity index (χ1n) is 12.8. The van der Waals surface area contributed by atoms with Crippen molar-refractivity contribution in [3.63, 3.8) is 0 Å². The summed E-state index contributed by atoms with van der Waals surface area (Å²) in [5.74, 6) is 0.536. The largest absolute Gasteiger partial charge is 0.416 e. The highest BCUT2D eigenvalue weighted by molar-refractivity contribution is 6.24. The molecule has 3 heterocycles. The fraction of sp³-hybridized carbons (Fsp3) is 0.615. The van der Waals surface area contributed by atoms with Crippen molar-refractivity contribution in [1.82, 2.24) is 25.3 Å². The highest BCUT2D eigenvalue weighted by Gasteiger charge is 2.50. The fourth-order valence-electron chi connectivity index (χ4n) is 6.20. The molecule has 5 rings (SSSR count). The van der Waals surface area contributed by atoms with Crippen LogP contribution >= 0.6 is 11.6 Å². The van der Waals surface area contributed by atoms with Gasteiger partial charge >= 0.3 is 6.18 Å². The first-order valence-corrected chi connectivity index (χ1v) is 13.3. The van der Waals surface area contributed by atoms with Crippen molar-refractivity contribution in [2.45, 2.75) is 94.5 Å². The van der Waals surface area contributed by atoms with E-state index < -0.39 is 17.8 Å². The maximum absolute atomic E-state index is 13.6. The maximum atomic E-state index is 13.6. The van der Waals surface area contributed by atoms with Gasteiger partial charge in [0.25, 0.3) is 5.91 Å². The van der Waals surface area contributed by atoms with Gasteiger partial charge in [-0.25, -0.2) is 10.4 Å². The molecule has 2 unspecified atom stereocenters. The van der Waals surface area contributed by atoms with Crippen LogP contribution in [0.5, 0.6) is 0 Å². The van der Waals surface area contributed by atoms with Gasteiger partial charge in [-0.15, -0.1) is 11.6 Å². The number of hydrogen-bond donors (Lipinski definition) is 2. The van der Waals surface area contributed by atoms with Crippen molar-refractivity contribution in [3.8, 4) is 0 Å². The molecule has 2 aromatic rings. The van der Waals surface area contributed by atoms with E-state index in [-0.39, 0.29) is 28.9 Å². The highest BCUT2D eigenvalue weighted by Crippen LogP contribution is 2.38. The quantitative estimate of drug-likeness (QED) is 0.572. The summed E-state index contributed by atoms with van der Waals surface area (Å²) >= 11 is 7.11. The lowest BCUT2D eigenvalue weighted by molar-refractivity contribution is -0.138. The Hall–Kier alpha value is -2.10. The third-order valence-corrected chi connectivity index (χ3v) is 8.79. The number of hydrogen-bond acceptors (Lipinski definition) is 4. The second kappa shape index (κ2) is 9.99. The first kappa shape index (κ1) is 25.5. The van der Waals surface area contributed by atoms with Gasteiger partial charge < -0.3 is 4.57 Å². The molecule has 1 spiro atoms. The maximum Gasteiger partial charge on any atom is 0.416 e. The van der Waals surface area contributed by atoms with Gasteiger partial charge in [0.05, 0.1) is 22.2 Å². The van der Waals surface area contributed by atoms with E-state index in [0.29, 0.717) is 25.3 Å². The third-order valence-electron chi connectivity index (χ3n) is 8.13. The predicted molar refractivity (Wildman–Crippen MR) is 131 cm³/mol. The molecular formula is C26H33ClF3N5O. The minimum atomic E-state index is -4.41. The molecule has 1 aromatic carbocycles. The fourth-order valence-corrected chi connectivity index (χ4v) is 6.75. The number of halogens is 4.